The molecule has 9 aromatic carbocycles. The molecular formula is C63H56IrN9-. The largest absolute Gasteiger partial charge is 0.320 e. The molecule has 0 saturated carbocycles. The van der Waals surface area contributed by atoms with E-state index in [1.807, 2.05) is 72.8 Å². The summed E-state index contributed by atoms with van der Waals surface area (Å²) in [5.74, 6) is 6.39. The normalized spacial score (nSPS) is 11.1. The summed E-state index contributed by atoms with van der Waals surface area (Å²) < 4.78 is 6.45. The summed E-state index contributed by atoms with van der Waals surface area (Å²) in [7, 11) is 0. The molecule has 0 saturated heterocycles. The topological polar surface area (TPSA) is 92.1 Å². The first-order chi connectivity index (χ1) is 35.2. The first kappa shape index (κ1) is 49.8. The van der Waals surface area contributed by atoms with Crippen molar-refractivity contribution < 1.29 is 20.1 Å². The van der Waals surface area contributed by atoms with E-state index in [0.717, 1.165) is 68.7 Å². The molecule has 12 aromatic rings. The molecule has 0 N–H and O–H groups in total. The van der Waals surface area contributed by atoms with Crippen molar-refractivity contribution in [2.45, 2.75) is 59.3 Å². The molecule has 3 heterocycles. The Morgan fingerprint density at radius 2 is 0.630 bits per heavy atom. The molecule has 363 valence electrons. The van der Waals surface area contributed by atoms with Crippen LogP contribution >= 0.6 is 0 Å². The van der Waals surface area contributed by atoms with E-state index in [0.29, 0.717) is 11.8 Å². The van der Waals surface area contributed by atoms with E-state index in [-0.39, 0.29) is 26.0 Å². The van der Waals surface area contributed by atoms with Gasteiger partial charge in [0.15, 0.2) is 11.6 Å². The SMILES string of the molecule is CC(C)c1nnc(-c2[c-]cc3ccccc3c2)n1-c1ccccc1.CC(C)c1nnc(-c2ccc3ccccc3c2)n1-c1ccccc1.CC(C)c1nnc(-c2ccc3ccccc3c2)n1-c1ccccc1.[Ir]. The third-order valence-electron chi connectivity index (χ3n) is 12.6. The first-order valence-electron chi connectivity index (χ1n) is 24.6. The Morgan fingerprint density at radius 1 is 0.315 bits per heavy atom. The zero-order valence-corrected chi connectivity index (χ0v) is 44.2. The number of nitrogens with zero attached hydrogens (tertiary/aromatic N) is 9. The van der Waals surface area contributed by atoms with Gasteiger partial charge in [0.05, 0.1) is 5.82 Å². The van der Waals surface area contributed by atoms with E-state index in [9.17, 15) is 0 Å². The minimum atomic E-state index is 0. The van der Waals surface area contributed by atoms with Crippen molar-refractivity contribution in [1.82, 2.24) is 44.3 Å². The summed E-state index contributed by atoms with van der Waals surface area (Å²) in [4.78, 5) is 0. The molecule has 0 aliphatic heterocycles. The van der Waals surface area contributed by atoms with E-state index in [2.05, 4.69) is 231 Å². The zero-order chi connectivity index (χ0) is 49.6. The molecule has 12 rings (SSSR count). The van der Waals surface area contributed by atoms with Gasteiger partial charge in [-0.3, -0.25) is 9.13 Å². The second-order valence-electron chi connectivity index (χ2n) is 18.7. The van der Waals surface area contributed by atoms with Gasteiger partial charge < -0.3 is 4.57 Å². The van der Waals surface area contributed by atoms with Gasteiger partial charge in [-0.1, -0.05) is 199 Å². The molecule has 0 fully saturated rings. The van der Waals surface area contributed by atoms with Crippen LogP contribution in [0.25, 0.3) is 83.5 Å². The Balaban J connectivity index is 0.000000134. The maximum absolute atomic E-state index is 4.50. The van der Waals surface area contributed by atoms with Crippen molar-refractivity contribution in [1.29, 1.82) is 0 Å². The summed E-state index contributed by atoms with van der Waals surface area (Å²) in [6.45, 7) is 12.9. The first-order valence-corrected chi connectivity index (χ1v) is 24.6. The predicted molar refractivity (Wildman–Crippen MR) is 294 cm³/mol. The molecule has 0 unspecified atom stereocenters. The van der Waals surface area contributed by atoms with Gasteiger partial charge in [0.2, 0.25) is 0 Å². The summed E-state index contributed by atoms with van der Waals surface area (Å²) in [5.41, 5.74) is 6.37. The van der Waals surface area contributed by atoms with Crippen molar-refractivity contribution in [2.75, 3.05) is 0 Å². The quantitative estimate of drug-likeness (QED) is 0.134. The monoisotopic (exact) mass is 1130 g/mol. The van der Waals surface area contributed by atoms with Crippen LogP contribution < -0.4 is 0 Å². The van der Waals surface area contributed by atoms with E-state index in [1.165, 1.54) is 32.3 Å². The Bertz CT molecular complexity index is 3350. The van der Waals surface area contributed by atoms with E-state index in [1.54, 1.807) is 0 Å². The smallest absolute Gasteiger partial charge is 0.168 e. The number of benzene rings is 9. The molecule has 0 bridgehead atoms. The molecule has 0 aliphatic carbocycles. The van der Waals surface area contributed by atoms with Crippen LogP contribution in [0.3, 0.4) is 0 Å². The van der Waals surface area contributed by atoms with Gasteiger partial charge in [-0.2, -0.15) is 5.10 Å². The van der Waals surface area contributed by atoms with Crippen LogP contribution in [-0.4, -0.2) is 44.3 Å². The van der Waals surface area contributed by atoms with Crippen molar-refractivity contribution in [3.63, 3.8) is 0 Å². The fourth-order valence-electron chi connectivity index (χ4n) is 8.97. The van der Waals surface area contributed by atoms with E-state index >= 15 is 0 Å². The van der Waals surface area contributed by atoms with Crippen LogP contribution in [0.1, 0.15) is 76.8 Å². The van der Waals surface area contributed by atoms with Gasteiger partial charge in [-0.25, -0.2) is 0 Å². The third kappa shape index (κ3) is 10.7. The Hall–Kier alpha value is -8.17. The van der Waals surface area contributed by atoms with E-state index < -0.39 is 0 Å². The van der Waals surface area contributed by atoms with Crippen molar-refractivity contribution in [3.8, 4) is 51.2 Å². The molecule has 0 aliphatic rings. The van der Waals surface area contributed by atoms with Crippen LogP contribution in [0.15, 0.2) is 212 Å². The molecule has 73 heavy (non-hydrogen) atoms. The number of hydrogen-bond donors (Lipinski definition) is 0. The van der Waals surface area contributed by atoms with Gasteiger partial charge >= 0.3 is 0 Å². The summed E-state index contributed by atoms with van der Waals surface area (Å²) in [6, 6.07) is 76.3. The number of para-hydroxylation sites is 3. The minimum Gasteiger partial charge on any atom is -0.320 e. The Morgan fingerprint density at radius 3 is 1.01 bits per heavy atom. The molecule has 1 radical (unpaired) electrons. The zero-order valence-electron chi connectivity index (χ0n) is 41.8. The molecular weight excluding hydrogens is 1070 g/mol. The fraction of sp³-hybridized carbons (Fsp3) is 0.143. The summed E-state index contributed by atoms with van der Waals surface area (Å²) in [6.07, 6.45) is 0. The maximum Gasteiger partial charge on any atom is 0.168 e. The number of aromatic nitrogens is 9. The van der Waals surface area contributed by atoms with Gasteiger partial charge in [-0.05, 0) is 70.1 Å². The molecule has 10 heteroatoms. The van der Waals surface area contributed by atoms with Crippen molar-refractivity contribution >= 4 is 32.3 Å². The standard InChI is InChI=1S/2C21H19N3.C21H18N3.Ir/c3*1-15(2)20-22-23-21(24(20)19-10-4-3-5-11-19)18-13-12-16-8-6-7-9-17(16)14-18;/h2*3-15H,1-2H3;3-12,14-15H,1-2H3;/q;;-1;. The minimum absolute atomic E-state index is 0. The molecule has 3 aromatic heterocycles. The molecule has 0 amide bonds. The summed E-state index contributed by atoms with van der Waals surface area (Å²) >= 11 is 0. The Kier molecular flexibility index (Phi) is 15.3. The fourth-order valence-corrected chi connectivity index (χ4v) is 8.97. The van der Waals surface area contributed by atoms with Gasteiger partial charge in [0.25, 0.3) is 0 Å². The van der Waals surface area contributed by atoms with Crippen LogP contribution in [0.5, 0.6) is 0 Å². The third-order valence-corrected chi connectivity index (χ3v) is 12.6. The van der Waals surface area contributed by atoms with Gasteiger partial charge in [0, 0.05) is 66.0 Å². The van der Waals surface area contributed by atoms with Crippen molar-refractivity contribution in [2.24, 2.45) is 0 Å². The van der Waals surface area contributed by atoms with E-state index in [4.69, 9.17) is 0 Å². The number of hydrogen-bond acceptors (Lipinski definition) is 6. The van der Waals surface area contributed by atoms with Crippen LogP contribution in [0.4, 0.5) is 0 Å². The number of fused-ring (bicyclic) bond motifs is 3. The Labute approximate surface area is 440 Å². The average Bonchev–Trinajstić information content (AvgIpc) is 4.21. The second-order valence-corrected chi connectivity index (χ2v) is 18.7. The molecule has 9 nitrogen and oxygen atoms in total. The van der Waals surface area contributed by atoms with Gasteiger partial charge in [0.1, 0.15) is 17.5 Å². The predicted octanol–water partition coefficient (Wildman–Crippen LogP) is 15.4. The molecule has 0 spiro atoms. The summed E-state index contributed by atoms with van der Waals surface area (Å²) in [5, 5.41) is 34.1. The van der Waals surface area contributed by atoms with Crippen LogP contribution in [0, 0.1) is 6.07 Å². The second kappa shape index (κ2) is 22.5. The van der Waals surface area contributed by atoms with Crippen LogP contribution in [0.2, 0.25) is 0 Å². The number of rotatable bonds is 9. The average molecular weight is 1130 g/mol. The van der Waals surface area contributed by atoms with Crippen LogP contribution in [-0.2, 0) is 20.1 Å². The molecule has 0 atom stereocenters. The van der Waals surface area contributed by atoms with Crippen molar-refractivity contribution in [3.05, 3.63) is 236 Å². The van der Waals surface area contributed by atoms with Gasteiger partial charge in [-0.15, -0.1) is 54.6 Å². The maximum atomic E-state index is 4.50.